The minimum atomic E-state index is -3.59. The highest BCUT2D eigenvalue weighted by Crippen LogP contribution is 2.38. The van der Waals surface area contributed by atoms with Crippen LogP contribution in [0.4, 0.5) is 5.69 Å². The molecule has 1 amide bonds. The number of aryl methyl sites for hydroxylation is 2. The van der Waals surface area contributed by atoms with E-state index in [-0.39, 0.29) is 23.9 Å². The molecule has 2 aliphatic rings. The van der Waals surface area contributed by atoms with Crippen LogP contribution < -0.4 is 14.4 Å². The number of nitrogens with zero attached hydrogens (tertiary/aromatic N) is 1. The number of nitrogens with one attached hydrogen (secondary N) is 1. The fourth-order valence-corrected chi connectivity index (χ4v) is 5.73. The van der Waals surface area contributed by atoms with Gasteiger partial charge in [-0.3, -0.25) is 9.10 Å². The number of sulfonamides is 1. The van der Waals surface area contributed by atoms with Crippen LogP contribution >= 0.6 is 0 Å². The lowest BCUT2D eigenvalue weighted by Gasteiger charge is -2.35. The number of ether oxygens (including phenoxy) is 1. The molecule has 0 saturated heterocycles. The molecule has 0 spiro atoms. The van der Waals surface area contributed by atoms with Crippen LogP contribution in [0.25, 0.3) is 0 Å². The first kappa shape index (κ1) is 24.6. The van der Waals surface area contributed by atoms with Crippen molar-refractivity contribution in [2.75, 3.05) is 17.1 Å². The van der Waals surface area contributed by atoms with Gasteiger partial charge >= 0.3 is 0 Å². The van der Waals surface area contributed by atoms with Crippen LogP contribution in [-0.4, -0.2) is 33.2 Å². The van der Waals surface area contributed by atoms with Gasteiger partial charge in [0, 0.05) is 0 Å². The summed E-state index contributed by atoms with van der Waals surface area (Å²) < 4.78 is 32.6. The highest BCUT2D eigenvalue weighted by Gasteiger charge is 2.36. The number of hydrogen-bond donors (Lipinski definition) is 1. The van der Waals surface area contributed by atoms with Gasteiger partial charge in [0.05, 0.1) is 24.5 Å². The summed E-state index contributed by atoms with van der Waals surface area (Å²) in [5.74, 6) is 0.107. The van der Waals surface area contributed by atoms with E-state index in [1.807, 2.05) is 19.1 Å². The van der Waals surface area contributed by atoms with Crippen molar-refractivity contribution in [1.82, 2.24) is 5.32 Å². The highest BCUT2D eigenvalue weighted by atomic mass is 32.2. The van der Waals surface area contributed by atoms with Crippen LogP contribution in [0.2, 0.25) is 0 Å². The van der Waals surface area contributed by atoms with E-state index in [1.54, 1.807) is 6.07 Å². The predicted octanol–water partition coefficient (Wildman–Crippen LogP) is 4.66. The van der Waals surface area contributed by atoms with E-state index >= 15 is 0 Å². The largest absolute Gasteiger partial charge is 0.476 e. The first-order valence-corrected chi connectivity index (χ1v) is 14.0. The Morgan fingerprint density at radius 2 is 1.82 bits per heavy atom. The van der Waals surface area contributed by atoms with Crippen molar-refractivity contribution in [1.29, 1.82) is 0 Å². The Morgan fingerprint density at radius 3 is 2.47 bits per heavy atom. The second-order valence-electron chi connectivity index (χ2n) is 10.5. The highest BCUT2D eigenvalue weighted by molar-refractivity contribution is 7.92. The summed E-state index contributed by atoms with van der Waals surface area (Å²) in [4.78, 5) is 13.3. The molecule has 0 unspecified atom stereocenters. The minimum absolute atomic E-state index is 0.0497. The van der Waals surface area contributed by atoms with Crippen LogP contribution in [0.5, 0.6) is 5.75 Å². The first-order valence-electron chi connectivity index (χ1n) is 12.2. The number of rotatable bonds is 5. The number of hydrogen-bond acceptors (Lipinski definition) is 4. The maximum Gasteiger partial charge on any atom is 0.263 e. The van der Waals surface area contributed by atoms with Crippen LogP contribution in [0.15, 0.2) is 36.4 Å². The lowest BCUT2D eigenvalue weighted by Crippen LogP contribution is -2.51. The molecule has 2 aromatic carbocycles. The van der Waals surface area contributed by atoms with Crippen molar-refractivity contribution in [3.05, 3.63) is 58.7 Å². The topological polar surface area (TPSA) is 75.7 Å². The average Bonchev–Trinajstić information content (AvgIpc) is 2.79. The quantitative estimate of drug-likeness (QED) is 0.670. The van der Waals surface area contributed by atoms with Gasteiger partial charge in [0.1, 0.15) is 5.75 Å². The van der Waals surface area contributed by atoms with E-state index < -0.39 is 16.1 Å². The van der Waals surface area contributed by atoms with Gasteiger partial charge in [-0.05, 0) is 71.9 Å². The SMILES string of the molecule is CC[C@H](NC(=O)[C@H]1CN(S(C)(=O)=O)c2cc(C(C)(C)C)ccc2O1)c1ccc2c(c1)CCCC2. The summed E-state index contributed by atoms with van der Waals surface area (Å²) in [7, 11) is -3.59. The predicted molar refractivity (Wildman–Crippen MR) is 136 cm³/mol. The monoisotopic (exact) mass is 484 g/mol. The molecule has 0 bridgehead atoms. The molecule has 7 heteroatoms. The summed E-state index contributed by atoms with van der Waals surface area (Å²) in [5, 5.41) is 3.11. The summed E-state index contributed by atoms with van der Waals surface area (Å²) >= 11 is 0. The van der Waals surface area contributed by atoms with Crippen molar-refractivity contribution >= 4 is 21.6 Å². The van der Waals surface area contributed by atoms with Gasteiger partial charge in [-0.1, -0.05) is 52.0 Å². The van der Waals surface area contributed by atoms with E-state index in [9.17, 15) is 13.2 Å². The summed E-state index contributed by atoms with van der Waals surface area (Å²) in [6.45, 7) is 8.21. The van der Waals surface area contributed by atoms with Gasteiger partial charge in [0.15, 0.2) is 6.10 Å². The zero-order valence-electron chi connectivity index (χ0n) is 20.8. The molecule has 0 radical (unpaired) electrons. The minimum Gasteiger partial charge on any atom is -0.476 e. The zero-order chi connectivity index (χ0) is 24.7. The van der Waals surface area contributed by atoms with Gasteiger partial charge in [-0.25, -0.2) is 8.42 Å². The molecule has 1 heterocycles. The number of anilines is 1. The van der Waals surface area contributed by atoms with Crippen LogP contribution in [0.1, 0.15) is 75.3 Å². The molecule has 184 valence electrons. The molecule has 0 fully saturated rings. The summed E-state index contributed by atoms with van der Waals surface area (Å²) in [6.07, 6.45) is 5.61. The fraction of sp³-hybridized carbons (Fsp3) is 0.519. The van der Waals surface area contributed by atoms with E-state index in [0.717, 1.165) is 30.4 Å². The third-order valence-corrected chi connectivity index (χ3v) is 8.03. The Morgan fingerprint density at radius 1 is 1.12 bits per heavy atom. The number of benzene rings is 2. The Hall–Kier alpha value is -2.54. The van der Waals surface area contributed by atoms with E-state index in [1.165, 1.54) is 34.5 Å². The van der Waals surface area contributed by atoms with Gasteiger partial charge in [-0.15, -0.1) is 0 Å². The number of carbonyl (C=O) groups excluding carboxylic acids is 1. The molecule has 4 rings (SSSR count). The Bertz CT molecular complexity index is 1180. The van der Waals surface area contributed by atoms with Gasteiger partial charge in [0.2, 0.25) is 10.0 Å². The van der Waals surface area contributed by atoms with E-state index in [0.29, 0.717) is 11.4 Å². The summed E-state index contributed by atoms with van der Waals surface area (Å²) in [6, 6.07) is 11.9. The average molecular weight is 485 g/mol. The first-order chi connectivity index (χ1) is 16.0. The molecule has 1 aliphatic carbocycles. The van der Waals surface area contributed by atoms with Crippen LogP contribution in [0.3, 0.4) is 0 Å². The molecule has 0 aromatic heterocycles. The fourth-order valence-electron chi connectivity index (χ4n) is 4.82. The molecular weight excluding hydrogens is 448 g/mol. The van der Waals surface area contributed by atoms with Crippen molar-refractivity contribution < 1.29 is 17.9 Å². The van der Waals surface area contributed by atoms with Gasteiger partial charge < -0.3 is 10.1 Å². The lowest BCUT2D eigenvalue weighted by atomic mass is 9.86. The molecular formula is C27H36N2O4S. The van der Waals surface area contributed by atoms with Gasteiger partial charge in [-0.2, -0.15) is 0 Å². The van der Waals surface area contributed by atoms with Crippen LogP contribution in [0, 0.1) is 0 Å². The van der Waals surface area contributed by atoms with Crippen LogP contribution in [-0.2, 0) is 33.1 Å². The molecule has 2 atom stereocenters. The third-order valence-electron chi connectivity index (χ3n) is 6.89. The summed E-state index contributed by atoms with van der Waals surface area (Å²) in [5.41, 5.74) is 5.21. The molecule has 0 saturated carbocycles. The van der Waals surface area contributed by atoms with E-state index in [2.05, 4.69) is 44.3 Å². The number of carbonyl (C=O) groups is 1. The molecule has 1 N–H and O–H groups in total. The maximum absolute atomic E-state index is 13.3. The Balaban J connectivity index is 1.58. The van der Waals surface area contributed by atoms with Gasteiger partial charge in [0.25, 0.3) is 5.91 Å². The van der Waals surface area contributed by atoms with E-state index in [4.69, 9.17) is 4.74 Å². The Kier molecular flexibility index (Phi) is 6.69. The second-order valence-corrected chi connectivity index (χ2v) is 12.4. The van der Waals surface area contributed by atoms with Crippen molar-refractivity contribution in [3.8, 4) is 5.75 Å². The maximum atomic E-state index is 13.3. The molecule has 2 aromatic rings. The standard InChI is InChI=1S/C27H36N2O4S/c1-6-22(20-12-11-18-9-7-8-10-19(18)15-20)28-26(30)25-17-29(34(5,31)32)23-16-21(27(2,3)4)13-14-24(23)33-25/h11-16,22,25H,6-10,17H2,1-5H3,(H,28,30)/t22-,25+/m0/s1. The third kappa shape index (κ3) is 5.09. The molecule has 1 aliphatic heterocycles. The number of amides is 1. The molecule has 34 heavy (non-hydrogen) atoms. The van der Waals surface area contributed by atoms with Crippen molar-refractivity contribution in [2.45, 2.75) is 77.4 Å². The Labute approximate surface area is 203 Å². The lowest BCUT2D eigenvalue weighted by molar-refractivity contribution is -0.128. The second kappa shape index (κ2) is 9.25. The smallest absolute Gasteiger partial charge is 0.263 e. The molecule has 6 nitrogen and oxygen atoms in total. The normalized spacial score (nSPS) is 19.0. The van der Waals surface area contributed by atoms with Crippen molar-refractivity contribution in [3.63, 3.8) is 0 Å². The zero-order valence-corrected chi connectivity index (χ0v) is 21.7. The number of fused-ring (bicyclic) bond motifs is 2. The van der Waals surface area contributed by atoms with Crippen molar-refractivity contribution in [2.24, 2.45) is 0 Å².